The molecule has 0 bridgehead atoms. The first-order valence-electron chi connectivity index (χ1n) is 9.47. The number of sulfonamides is 1. The van der Waals surface area contributed by atoms with Gasteiger partial charge in [-0.1, -0.05) is 11.2 Å². The highest BCUT2D eigenvalue weighted by atomic mass is 32.2. The molecule has 3 aromatic rings. The van der Waals surface area contributed by atoms with E-state index in [2.05, 4.69) is 20.4 Å². The third kappa shape index (κ3) is 4.27. The first kappa shape index (κ1) is 20.6. The molecule has 1 N–H and O–H groups in total. The number of amides is 1. The topological polar surface area (TPSA) is 118 Å². The van der Waals surface area contributed by atoms with Crippen LogP contribution in [0.1, 0.15) is 24.4 Å². The molecule has 1 fully saturated rings. The molecule has 30 heavy (non-hydrogen) atoms. The lowest BCUT2D eigenvalue weighted by Crippen LogP contribution is -2.41. The number of hydrogen-bond donors (Lipinski definition) is 1. The van der Waals surface area contributed by atoms with Crippen LogP contribution in [-0.4, -0.2) is 46.8 Å². The molecular weight excluding hydrogens is 426 g/mol. The fourth-order valence-electron chi connectivity index (χ4n) is 3.31. The van der Waals surface area contributed by atoms with E-state index >= 15 is 0 Å². The van der Waals surface area contributed by atoms with Crippen molar-refractivity contribution in [2.75, 3.05) is 18.4 Å². The number of pyridine rings is 1. The summed E-state index contributed by atoms with van der Waals surface area (Å²) in [6.07, 6.45) is 0.915. The number of thiophene rings is 1. The van der Waals surface area contributed by atoms with E-state index in [9.17, 15) is 13.2 Å². The smallest absolute Gasteiger partial charge is 0.252 e. The van der Waals surface area contributed by atoms with Gasteiger partial charge in [-0.15, -0.1) is 11.3 Å². The Kier molecular flexibility index (Phi) is 5.67. The Hall–Kier alpha value is -2.63. The van der Waals surface area contributed by atoms with Crippen LogP contribution in [0.3, 0.4) is 0 Å². The second-order valence-corrected chi connectivity index (χ2v) is 10.2. The van der Waals surface area contributed by atoms with E-state index in [0.29, 0.717) is 35.9 Å². The third-order valence-electron chi connectivity index (χ3n) is 4.92. The minimum absolute atomic E-state index is 0.129. The van der Waals surface area contributed by atoms with Gasteiger partial charge >= 0.3 is 0 Å². The number of piperidine rings is 1. The van der Waals surface area contributed by atoms with Crippen LogP contribution < -0.4 is 5.32 Å². The van der Waals surface area contributed by atoms with Crippen LogP contribution in [0.25, 0.3) is 11.4 Å². The van der Waals surface area contributed by atoms with Gasteiger partial charge in [0, 0.05) is 42.6 Å². The van der Waals surface area contributed by atoms with Gasteiger partial charge in [-0.3, -0.25) is 4.79 Å². The lowest BCUT2D eigenvalue weighted by molar-refractivity contribution is -0.120. The predicted molar refractivity (Wildman–Crippen MR) is 111 cm³/mol. The van der Waals surface area contributed by atoms with Crippen LogP contribution in [0.4, 0.5) is 5.82 Å². The quantitative estimate of drug-likeness (QED) is 0.639. The number of aromatic nitrogens is 3. The maximum atomic E-state index is 13.0. The number of anilines is 1. The van der Waals surface area contributed by atoms with Crippen LogP contribution in [0.15, 0.2) is 38.4 Å². The summed E-state index contributed by atoms with van der Waals surface area (Å²) in [5, 5.41) is 8.35. The monoisotopic (exact) mass is 447 g/mol. The second kappa shape index (κ2) is 8.25. The lowest BCUT2D eigenvalue weighted by Gasteiger charge is -2.30. The zero-order chi connectivity index (χ0) is 21.3. The molecule has 1 aliphatic heterocycles. The van der Waals surface area contributed by atoms with Crippen molar-refractivity contribution in [3.8, 4) is 11.4 Å². The fraction of sp³-hybridized carbons (Fsp3) is 0.368. The van der Waals surface area contributed by atoms with Crippen LogP contribution >= 0.6 is 11.3 Å². The van der Waals surface area contributed by atoms with Gasteiger partial charge in [0.15, 0.2) is 0 Å². The van der Waals surface area contributed by atoms with Crippen molar-refractivity contribution >= 4 is 33.1 Å². The summed E-state index contributed by atoms with van der Waals surface area (Å²) < 4.78 is 32.6. The molecule has 0 radical (unpaired) electrons. The number of carbonyl (C=O) groups is 1. The Morgan fingerprint density at radius 3 is 2.67 bits per heavy atom. The highest BCUT2D eigenvalue weighted by Gasteiger charge is 2.33. The van der Waals surface area contributed by atoms with Gasteiger partial charge in [0.1, 0.15) is 10.0 Å². The largest absolute Gasteiger partial charge is 0.339 e. The van der Waals surface area contributed by atoms with Crippen molar-refractivity contribution in [1.29, 1.82) is 0 Å². The van der Waals surface area contributed by atoms with Crippen LogP contribution in [0.2, 0.25) is 0 Å². The first-order valence-corrected chi connectivity index (χ1v) is 11.8. The van der Waals surface area contributed by atoms with Crippen LogP contribution in [0.5, 0.6) is 0 Å². The van der Waals surface area contributed by atoms with E-state index in [-0.39, 0.29) is 29.1 Å². The van der Waals surface area contributed by atoms with E-state index in [0.717, 1.165) is 17.0 Å². The van der Waals surface area contributed by atoms with Gasteiger partial charge in [0.2, 0.25) is 17.6 Å². The number of nitrogens with zero attached hydrogens (tertiary/aromatic N) is 4. The number of aryl methyl sites for hydroxylation is 2. The summed E-state index contributed by atoms with van der Waals surface area (Å²) in [5.41, 5.74) is 1.43. The Bertz CT molecular complexity index is 1160. The van der Waals surface area contributed by atoms with E-state index in [4.69, 9.17) is 4.52 Å². The maximum Gasteiger partial charge on any atom is 0.252 e. The number of hydrogen-bond acceptors (Lipinski definition) is 8. The van der Waals surface area contributed by atoms with Crippen molar-refractivity contribution in [2.45, 2.75) is 30.9 Å². The summed E-state index contributed by atoms with van der Waals surface area (Å²) in [6.45, 7) is 4.11. The minimum Gasteiger partial charge on any atom is -0.339 e. The standard InChI is InChI=1S/C19H21N5O4S2/c1-12-4-3-5-16(20-12)22-19(25)14-6-8-24(9-7-14)30(26,27)17-10-15(11-29-17)18-21-13(2)28-23-18/h3-5,10-11,14H,6-9H2,1-2H3,(H,20,22,25). The van der Waals surface area contributed by atoms with Gasteiger partial charge in [-0.2, -0.15) is 9.29 Å². The molecule has 0 aromatic carbocycles. The van der Waals surface area contributed by atoms with Gasteiger partial charge in [0.25, 0.3) is 10.0 Å². The molecule has 0 atom stereocenters. The first-order chi connectivity index (χ1) is 14.3. The molecule has 3 aromatic heterocycles. The summed E-state index contributed by atoms with van der Waals surface area (Å²) in [7, 11) is -3.63. The van der Waals surface area contributed by atoms with Gasteiger partial charge in [-0.05, 0) is 38.0 Å². The maximum absolute atomic E-state index is 13.0. The number of rotatable bonds is 5. The Labute approximate surface area is 178 Å². The molecule has 11 heteroatoms. The third-order valence-corrected chi connectivity index (χ3v) is 8.23. The van der Waals surface area contributed by atoms with E-state index in [1.807, 2.05) is 19.1 Å². The van der Waals surface area contributed by atoms with Crippen molar-refractivity contribution < 1.29 is 17.7 Å². The molecule has 4 rings (SSSR count). The normalized spacial score (nSPS) is 15.9. The van der Waals surface area contributed by atoms with E-state index in [1.165, 1.54) is 4.31 Å². The number of carbonyl (C=O) groups excluding carboxylic acids is 1. The Balaban J connectivity index is 1.39. The van der Waals surface area contributed by atoms with Crippen molar-refractivity contribution in [3.05, 3.63) is 41.2 Å². The summed E-state index contributed by atoms with van der Waals surface area (Å²) in [5.74, 6) is 0.918. The van der Waals surface area contributed by atoms with E-state index < -0.39 is 10.0 Å². The molecule has 0 saturated carbocycles. The van der Waals surface area contributed by atoms with Crippen molar-refractivity contribution in [3.63, 3.8) is 0 Å². The van der Waals surface area contributed by atoms with Crippen LogP contribution in [-0.2, 0) is 14.8 Å². The van der Waals surface area contributed by atoms with Crippen LogP contribution in [0, 0.1) is 19.8 Å². The van der Waals surface area contributed by atoms with Gasteiger partial charge < -0.3 is 9.84 Å². The molecule has 0 unspecified atom stereocenters. The van der Waals surface area contributed by atoms with Gasteiger partial charge in [0.05, 0.1) is 0 Å². The summed E-state index contributed by atoms with van der Waals surface area (Å²) >= 11 is 1.13. The lowest BCUT2D eigenvalue weighted by atomic mass is 9.97. The zero-order valence-electron chi connectivity index (χ0n) is 16.5. The fourth-order valence-corrected chi connectivity index (χ4v) is 6.09. The second-order valence-electron chi connectivity index (χ2n) is 7.12. The van der Waals surface area contributed by atoms with Crippen molar-refractivity contribution in [1.82, 2.24) is 19.4 Å². The van der Waals surface area contributed by atoms with Crippen molar-refractivity contribution in [2.24, 2.45) is 5.92 Å². The molecule has 9 nitrogen and oxygen atoms in total. The predicted octanol–water partition coefficient (Wildman–Crippen LogP) is 2.85. The average Bonchev–Trinajstić information content (AvgIpc) is 3.37. The number of nitrogens with one attached hydrogen (secondary N) is 1. The molecule has 1 aliphatic rings. The average molecular weight is 448 g/mol. The SMILES string of the molecule is Cc1cccc(NC(=O)C2CCN(S(=O)(=O)c3cc(-c4noc(C)n4)cs3)CC2)n1. The molecule has 1 amide bonds. The highest BCUT2D eigenvalue weighted by Crippen LogP contribution is 2.31. The Morgan fingerprint density at radius 1 is 1.23 bits per heavy atom. The molecule has 0 spiro atoms. The summed E-state index contributed by atoms with van der Waals surface area (Å²) in [6, 6.07) is 6.99. The molecule has 0 aliphatic carbocycles. The zero-order valence-corrected chi connectivity index (χ0v) is 18.2. The molecule has 4 heterocycles. The molecule has 1 saturated heterocycles. The summed E-state index contributed by atoms with van der Waals surface area (Å²) in [4.78, 5) is 20.9. The van der Waals surface area contributed by atoms with E-state index in [1.54, 1.807) is 24.4 Å². The Morgan fingerprint density at radius 2 is 2.00 bits per heavy atom. The molecular formula is C19H21N5O4S2. The minimum atomic E-state index is -3.63. The van der Waals surface area contributed by atoms with Gasteiger partial charge in [-0.25, -0.2) is 13.4 Å². The highest BCUT2D eigenvalue weighted by molar-refractivity contribution is 7.91. The molecule has 158 valence electrons.